The van der Waals surface area contributed by atoms with E-state index in [0.717, 1.165) is 36.1 Å². The lowest BCUT2D eigenvalue weighted by molar-refractivity contribution is 0.478. The van der Waals surface area contributed by atoms with E-state index in [0.29, 0.717) is 6.54 Å². The van der Waals surface area contributed by atoms with E-state index >= 15 is 0 Å². The van der Waals surface area contributed by atoms with Gasteiger partial charge < -0.3 is 9.73 Å². The zero-order chi connectivity index (χ0) is 12.3. The molecule has 2 aromatic heterocycles. The monoisotopic (exact) mass is 234 g/mol. The van der Waals surface area contributed by atoms with Crippen molar-refractivity contribution in [1.82, 2.24) is 20.1 Å². The number of hydrogen-bond donors (Lipinski definition) is 1. The third-order valence-electron chi connectivity index (χ3n) is 2.66. The third-order valence-corrected chi connectivity index (χ3v) is 2.66. The van der Waals surface area contributed by atoms with Gasteiger partial charge >= 0.3 is 0 Å². The van der Waals surface area contributed by atoms with E-state index in [2.05, 4.69) is 22.3 Å². The molecule has 2 aromatic rings. The lowest BCUT2D eigenvalue weighted by Crippen LogP contribution is -2.13. The molecule has 92 valence electrons. The number of nitrogens with zero attached hydrogens (tertiary/aromatic N) is 3. The molecule has 0 aliphatic rings. The van der Waals surface area contributed by atoms with Crippen molar-refractivity contribution in [1.29, 1.82) is 0 Å². The smallest absolute Gasteiger partial charge is 0.147 e. The predicted octanol–water partition coefficient (Wildman–Crippen LogP) is 1.65. The maximum Gasteiger partial charge on any atom is 0.147 e. The van der Waals surface area contributed by atoms with Gasteiger partial charge in [-0.05, 0) is 26.5 Å². The molecule has 0 unspecified atom stereocenters. The summed E-state index contributed by atoms with van der Waals surface area (Å²) in [6.45, 7) is 8.34. The molecule has 0 saturated heterocycles. The van der Waals surface area contributed by atoms with Crippen LogP contribution in [0.25, 0.3) is 0 Å². The van der Waals surface area contributed by atoms with E-state index in [1.807, 2.05) is 24.6 Å². The van der Waals surface area contributed by atoms with E-state index in [4.69, 9.17) is 4.42 Å². The van der Waals surface area contributed by atoms with Crippen molar-refractivity contribution in [2.45, 2.75) is 33.9 Å². The highest BCUT2D eigenvalue weighted by molar-refractivity contribution is 5.17. The fraction of sp³-hybridized carbons (Fsp3) is 0.500. The second kappa shape index (κ2) is 5.14. The molecule has 0 aliphatic heterocycles. The molecule has 5 nitrogen and oxygen atoms in total. The van der Waals surface area contributed by atoms with Gasteiger partial charge in [-0.2, -0.15) is 5.10 Å². The van der Waals surface area contributed by atoms with Crippen LogP contribution in [-0.2, 0) is 13.1 Å². The Bertz CT molecular complexity index is 486. The topological polar surface area (TPSA) is 55.9 Å². The fourth-order valence-corrected chi connectivity index (χ4v) is 1.77. The molecule has 17 heavy (non-hydrogen) atoms. The molecule has 0 bridgehead atoms. The Morgan fingerprint density at radius 2 is 2.24 bits per heavy atom. The summed E-state index contributed by atoms with van der Waals surface area (Å²) in [5, 5.41) is 7.61. The lowest BCUT2D eigenvalue weighted by Gasteiger charge is -2.04. The van der Waals surface area contributed by atoms with E-state index in [1.165, 1.54) is 0 Å². The summed E-state index contributed by atoms with van der Waals surface area (Å²) in [5.74, 6) is 2.71. The molecule has 0 aliphatic carbocycles. The van der Waals surface area contributed by atoms with Crippen LogP contribution in [0.2, 0.25) is 0 Å². The van der Waals surface area contributed by atoms with Crippen LogP contribution in [0.15, 0.2) is 16.7 Å². The molecular formula is C12H18N4O. The van der Waals surface area contributed by atoms with Crippen molar-refractivity contribution in [2.75, 3.05) is 6.54 Å². The molecule has 0 spiro atoms. The highest BCUT2D eigenvalue weighted by Gasteiger charge is 2.09. The van der Waals surface area contributed by atoms with Crippen molar-refractivity contribution >= 4 is 0 Å². The first-order chi connectivity index (χ1) is 8.20. The maximum atomic E-state index is 5.46. The van der Waals surface area contributed by atoms with E-state index < -0.39 is 0 Å². The lowest BCUT2D eigenvalue weighted by atomic mass is 10.2. The molecule has 0 aromatic carbocycles. The maximum absolute atomic E-state index is 5.46. The van der Waals surface area contributed by atoms with Crippen molar-refractivity contribution in [3.8, 4) is 0 Å². The summed E-state index contributed by atoms with van der Waals surface area (Å²) in [6.07, 6.45) is 1.72. The number of aromatic nitrogens is 3. The number of nitrogens with one attached hydrogen (secondary N) is 1. The van der Waals surface area contributed by atoms with Gasteiger partial charge in [0.25, 0.3) is 0 Å². The Labute approximate surface area is 101 Å². The van der Waals surface area contributed by atoms with Gasteiger partial charge in [-0.25, -0.2) is 9.67 Å². The zero-order valence-electron chi connectivity index (χ0n) is 10.5. The van der Waals surface area contributed by atoms with E-state index in [1.54, 1.807) is 6.26 Å². The largest absolute Gasteiger partial charge is 0.468 e. The predicted molar refractivity (Wildman–Crippen MR) is 64.7 cm³/mol. The molecule has 2 heterocycles. The fourth-order valence-electron chi connectivity index (χ4n) is 1.77. The highest BCUT2D eigenvalue weighted by Crippen LogP contribution is 2.12. The van der Waals surface area contributed by atoms with Crippen molar-refractivity contribution < 1.29 is 4.42 Å². The second-order valence-electron chi connectivity index (χ2n) is 4.01. The molecule has 2 rings (SSSR count). The van der Waals surface area contributed by atoms with E-state index in [-0.39, 0.29) is 0 Å². The quantitative estimate of drug-likeness (QED) is 0.854. The average molecular weight is 234 g/mol. The van der Waals surface area contributed by atoms with Crippen LogP contribution >= 0.6 is 0 Å². The SMILES string of the molecule is CCNCc1occc1Cn1nc(C)nc1C. The summed E-state index contributed by atoms with van der Waals surface area (Å²) < 4.78 is 7.36. The van der Waals surface area contributed by atoms with Gasteiger partial charge in [0.05, 0.1) is 19.4 Å². The molecule has 0 fully saturated rings. The summed E-state index contributed by atoms with van der Waals surface area (Å²) in [7, 11) is 0. The number of aryl methyl sites for hydroxylation is 2. The minimum atomic E-state index is 0.712. The number of hydrogen-bond acceptors (Lipinski definition) is 4. The van der Waals surface area contributed by atoms with Crippen molar-refractivity contribution in [2.24, 2.45) is 0 Å². The zero-order valence-corrected chi connectivity index (χ0v) is 10.5. The normalized spacial score (nSPS) is 11.0. The molecule has 0 saturated carbocycles. The van der Waals surface area contributed by atoms with Crippen LogP contribution in [0.1, 0.15) is 29.9 Å². The van der Waals surface area contributed by atoms with Gasteiger partial charge in [-0.3, -0.25) is 0 Å². The van der Waals surface area contributed by atoms with Gasteiger partial charge in [-0.15, -0.1) is 0 Å². The number of furan rings is 1. The average Bonchev–Trinajstić information content (AvgIpc) is 2.84. The first kappa shape index (κ1) is 11.9. The highest BCUT2D eigenvalue weighted by atomic mass is 16.3. The molecule has 5 heteroatoms. The Morgan fingerprint density at radius 1 is 1.41 bits per heavy atom. The third kappa shape index (κ3) is 2.74. The molecule has 0 amide bonds. The van der Waals surface area contributed by atoms with Gasteiger partial charge in [0.15, 0.2) is 0 Å². The Balaban J connectivity index is 2.13. The van der Waals surface area contributed by atoms with Crippen LogP contribution in [0, 0.1) is 13.8 Å². The van der Waals surface area contributed by atoms with Crippen LogP contribution in [-0.4, -0.2) is 21.3 Å². The summed E-state index contributed by atoms with van der Waals surface area (Å²) in [4.78, 5) is 4.29. The summed E-state index contributed by atoms with van der Waals surface area (Å²) in [6, 6.07) is 1.99. The first-order valence-corrected chi connectivity index (χ1v) is 5.84. The van der Waals surface area contributed by atoms with Crippen LogP contribution in [0.3, 0.4) is 0 Å². The van der Waals surface area contributed by atoms with Crippen LogP contribution < -0.4 is 5.32 Å². The molecule has 1 N–H and O–H groups in total. The Kier molecular flexibility index (Phi) is 3.58. The van der Waals surface area contributed by atoms with Gasteiger partial charge in [-0.1, -0.05) is 6.92 Å². The van der Waals surface area contributed by atoms with E-state index in [9.17, 15) is 0 Å². The standard InChI is InChI=1S/C12H18N4O/c1-4-13-7-12-11(5-6-17-12)8-16-10(3)14-9(2)15-16/h5-6,13H,4,7-8H2,1-3H3. The molecule has 0 atom stereocenters. The molecule has 0 radical (unpaired) electrons. The minimum Gasteiger partial charge on any atom is -0.468 e. The van der Waals surface area contributed by atoms with Crippen molar-refractivity contribution in [3.05, 3.63) is 35.3 Å². The number of rotatable bonds is 5. The van der Waals surface area contributed by atoms with Crippen LogP contribution in [0.5, 0.6) is 0 Å². The Morgan fingerprint density at radius 3 is 2.88 bits per heavy atom. The van der Waals surface area contributed by atoms with Crippen LogP contribution in [0.4, 0.5) is 0 Å². The second-order valence-corrected chi connectivity index (χ2v) is 4.01. The summed E-state index contributed by atoms with van der Waals surface area (Å²) >= 11 is 0. The summed E-state index contributed by atoms with van der Waals surface area (Å²) in [5.41, 5.74) is 1.15. The molecular weight excluding hydrogens is 216 g/mol. The van der Waals surface area contributed by atoms with Gasteiger partial charge in [0.1, 0.15) is 17.4 Å². The van der Waals surface area contributed by atoms with Gasteiger partial charge in [0, 0.05) is 5.56 Å². The first-order valence-electron chi connectivity index (χ1n) is 5.84. The minimum absolute atomic E-state index is 0.712. The van der Waals surface area contributed by atoms with Crippen molar-refractivity contribution in [3.63, 3.8) is 0 Å². The van der Waals surface area contributed by atoms with Gasteiger partial charge in [0.2, 0.25) is 0 Å². The Hall–Kier alpha value is -1.62.